The maximum atomic E-state index is 6.23. The van der Waals surface area contributed by atoms with E-state index in [1.807, 2.05) is 4.68 Å². The Morgan fingerprint density at radius 1 is 0.952 bits per heavy atom. The number of aromatic nitrogens is 3. The average Bonchev–Trinajstić information content (AvgIpc) is 2.77. The van der Waals surface area contributed by atoms with Crippen molar-refractivity contribution in [1.82, 2.24) is 15.0 Å². The lowest BCUT2D eigenvalue weighted by Crippen LogP contribution is -2.30. The maximum Gasteiger partial charge on any atom is 0.228 e. The number of nitrogens with zero attached hydrogens (tertiary/aromatic N) is 3. The van der Waals surface area contributed by atoms with E-state index in [9.17, 15) is 0 Å². The molecule has 0 aromatic carbocycles. The Balaban J connectivity index is 2.98. The van der Waals surface area contributed by atoms with Crippen LogP contribution in [-0.4, -0.2) is 18.8 Å². The van der Waals surface area contributed by atoms with Crippen molar-refractivity contribution >= 4 is 58.0 Å². The molecule has 21 heavy (non-hydrogen) atoms. The predicted molar refractivity (Wildman–Crippen MR) is 91.8 cm³/mol. The summed E-state index contributed by atoms with van der Waals surface area (Å²) >= 11 is 30.1. The second-order valence-corrected chi connectivity index (χ2v) is 8.60. The maximum absolute atomic E-state index is 6.23. The highest BCUT2D eigenvalue weighted by molar-refractivity contribution is 6.75. The monoisotopic (exact) mass is 393 g/mol. The van der Waals surface area contributed by atoms with E-state index in [-0.39, 0.29) is 0 Å². The molecule has 1 heterocycles. The molecule has 1 rings (SSSR count). The van der Waals surface area contributed by atoms with Gasteiger partial charge in [-0.3, -0.25) is 0 Å². The molecule has 0 saturated carbocycles. The van der Waals surface area contributed by atoms with Gasteiger partial charge in [-0.2, -0.15) is 0 Å². The van der Waals surface area contributed by atoms with Crippen LogP contribution in [0.3, 0.4) is 0 Å². The van der Waals surface area contributed by atoms with Gasteiger partial charge in [-0.1, -0.05) is 103 Å². The van der Waals surface area contributed by atoms with Gasteiger partial charge in [-0.25, -0.2) is 4.68 Å². The van der Waals surface area contributed by atoms with Crippen molar-refractivity contribution < 1.29 is 0 Å². The summed E-state index contributed by atoms with van der Waals surface area (Å²) in [6.45, 7) is 5.00. The van der Waals surface area contributed by atoms with Gasteiger partial charge < -0.3 is 0 Å². The largest absolute Gasteiger partial charge is 0.249 e. The van der Waals surface area contributed by atoms with Crippen molar-refractivity contribution in [2.24, 2.45) is 0 Å². The Morgan fingerprint density at radius 3 is 2.14 bits per heavy atom. The molecule has 0 amide bonds. The number of hydrogen-bond acceptors (Lipinski definition) is 2. The van der Waals surface area contributed by atoms with Crippen LogP contribution < -0.4 is 0 Å². The van der Waals surface area contributed by atoms with E-state index in [1.54, 1.807) is 0 Å². The molecule has 0 atom stereocenters. The zero-order valence-corrected chi connectivity index (χ0v) is 16.0. The molecule has 0 radical (unpaired) electrons. The van der Waals surface area contributed by atoms with Gasteiger partial charge in [0.15, 0.2) is 0 Å². The molecular formula is C13H20Cl5N3. The van der Waals surface area contributed by atoms with Crippen molar-refractivity contribution in [1.29, 1.82) is 0 Å². The van der Waals surface area contributed by atoms with Crippen LogP contribution in [-0.2, 0) is 17.3 Å². The second kappa shape index (κ2) is 8.44. The lowest BCUT2D eigenvalue weighted by Gasteiger charge is -2.26. The Hall–Kier alpha value is 0.590. The molecule has 1 aromatic heterocycles. The van der Waals surface area contributed by atoms with Crippen LogP contribution in [0.4, 0.5) is 0 Å². The van der Waals surface area contributed by atoms with E-state index in [0.29, 0.717) is 5.69 Å². The van der Waals surface area contributed by atoms with Crippen LogP contribution >= 0.6 is 58.0 Å². The molecule has 0 N–H and O–H groups in total. The summed E-state index contributed by atoms with van der Waals surface area (Å²) in [5, 5.41) is 8.20. The topological polar surface area (TPSA) is 30.7 Å². The molecule has 0 aliphatic rings. The lowest BCUT2D eigenvalue weighted by atomic mass is 10.1. The summed E-state index contributed by atoms with van der Waals surface area (Å²) in [6, 6.07) is 0. The molecule has 122 valence electrons. The van der Waals surface area contributed by atoms with Crippen LogP contribution in [0.2, 0.25) is 0 Å². The molecule has 0 fully saturated rings. The molecule has 0 bridgehead atoms. The van der Waals surface area contributed by atoms with E-state index in [0.717, 1.165) is 37.9 Å². The van der Waals surface area contributed by atoms with Gasteiger partial charge in [0.25, 0.3) is 0 Å². The average molecular weight is 396 g/mol. The first-order valence-electron chi connectivity index (χ1n) is 7.13. The molecule has 8 heteroatoms. The minimum absolute atomic E-state index is 0.336. The van der Waals surface area contributed by atoms with Crippen molar-refractivity contribution in [3.63, 3.8) is 0 Å². The Morgan fingerprint density at radius 2 is 1.62 bits per heavy atom. The molecule has 0 spiro atoms. The summed E-state index contributed by atoms with van der Waals surface area (Å²) in [6.07, 6.45) is 6.20. The fourth-order valence-electron chi connectivity index (χ4n) is 2.06. The van der Waals surface area contributed by atoms with Gasteiger partial charge in [0, 0.05) is 6.54 Å². The molecular weight excluding hydrogens is 375 g/mol. The quantitative estimate of drug-likeness (QED) is 0.411. The minimum Gasteiger partial charge on any atom is -0.249 e. The first-order valence-corrected chi connectivity index (χ1v) is 9.02. The summed E-state index contributed by atoms with van der Waals surface area (Å²) < 4.78 is -1.77. The first kappa shape index (κ1) is 19.6. The smallest absolute Gasteiger partial charge is 0.228 e. The summed E-state index contributed by atoms with van der Waals surface area (Å²) in [7, 11) is 0. The number of halogens is 5. The Kier molecular flexibility index (Phi) is 7.90. The lowest BCUT2D eigenvalue weighted by molar-refractivity contribution is 0.510. The molecule has 0 aliphatic carbocycles. The molecule has 1 aromatic rings. The SMILES string of the molecule is CCCCCCn1nnc(C(Cl)(Cl)C(Cl)(Cl)Cl)c1CCC. The Labute approximate surface area is 151 Å². The van der Waals surface area contributed by atoms with Gasteiger partial charge >= 0.3 is 0 Å². The van der Waals surface area contributed by atoms with E-state index in [2.05, 4.69) is 24.2 Å². The van der Waals surface area contributed by atoms with Crippen LogP contribution in [0, 0.1) is 0 Å². The van der Waals surface area contributed by atoms with Crippen LogP contribution in [0.5, 0.6) is 0 Å². The summed E-state index contributed by atoms with van der Waals surface area (Å²) in [5.41, 5.74) is 1.17. The number of alkyl halides is 5. The van der Waals surface area contributed by atoms with Crippen LogP contribution in [0.15, 0.2) is 0 Å². The highest BCUT2D eigenvalue weighted by Crippen LogP contribution is 2.53. The van der Waals surface area contributed by atoms with Gasteiger partial charge in [0.2, 0.25) is 8.13 Å². The van der Waals surface area contributed by atoms with Crippen molar-refractivity contribution in [2.45, 2.75) is 67.0 Å². The van der Waals surface area contributed by atoms with E-state index in [4.69, 9.17) is 58.0 Å². The molecule has 0 unspecified atom stereocenters. The second-order valence-electron chi connectivity index (χ2n) is 4.99. The number of unbranched alkanes of at least 4 members (excludes halogenated alkanes) is 3. The minimum atomic E-state index is -1.87. The molecule has 0 saturated heterocycles. The zero-order valence-electron chi connectivity index (χ0n) is 12.2. The van der Waals surface area contributed by atoms with Crippen molar-refractivity contribution in [2.75, 3.05) is 0 Å². The third-order valence-electron chi connectivity index (χ3n) is 3.20. The highest BCUT2D eigenvalue weighted by Gasteiger charge is 2.51. The molecule has 0 aliphatic heterocycles. The normalized spacial score (nSPS) is 12.9. The number of hydrogen-bond donors (Lipinski definition) is 0. The number of rotatable bonds is 8. The Bertz CT molecular complexity index is 440. The predicted octanol–water partition coefficient (Wildman–Crippen LogP) is 5.81. The fourth-order valence-corrected chi connectivity index (χ4v) is 2.63. The highest BCUT2D eigenvalue weighted by atomic mass is 35.6. The van der Waals surface area contributed by atoms with E-state index in [1.165, 1.54) is 12.8 Å². The first-order chi connectivity index (χ1) is 9.75. The molecule has 3 nitrogen and oxygen atoms in total. The van der Waals surface area contributed by atoms with Crippen LogP contribution in [0.25, 0.3) is 0 Å². The van der Waals surface area contributed by atoms with Gasteiger partial charge in [-0.15, -0.1) is 5.10 Å². The number of aryl methyl sites for hydroxylation is 1. The van der Waals surface area contributed by atoms with Gasteiger partial charge in [-0.05, 0) is 12.8 Å². The van der Waals surface area contributed by atoms with Crippen LogP contribution in [0.1, 0.15) is 57.3 Å². The van der Waals surface area contributed by atoms with Crippen molar-refractivity contribution in [3.05, 3.63) is 11.4 Å². The van der Waals surface area contributed by atoms with E-state index >= 15 is 0 Å². The fraction of sp³-hybridized carbons (Fsp3) is 0.846. The third-order valence-corrected chi connectivity index (χ3v) is 5.56. The summed E-state index contributed by atoms with van der Waals surface area (Å²) in [4.78, 5) is 0. The standard InChI is InChI=1S/C13H20Cl5N3/c1-3-5-6-7-9-21-10(8-4-2)11(19-20-21)12(14,15)13(16,17)18/h3-9H2,1-2H3. The zero-order chi connectivity index (χ0) is 16.1. The third kappa shape index (κ3) is 5.04. The van der Waals surface area contributed by atoms with Crippen molar-refractivity contribution in [3.8, 4) is 0 Å². The van der Waals surface area contributed by atoms with Gasteiger partial charge in [0.1, 0.15) is 5.69 Å². The van der Waals surface area contributed by atoms with E-state index < -0.39 is 8.13 Å². The summed E-state index contributed by atoms with van der Waals surface area (Å²) in [5.74, 6) is 0. The van der Waals surface area contributed by atoms with Gasteiger partial charge in [0.05, 0.1) is 5.69 Å².